The Morgan fingerprint density at radius 1 is 1.20 bits per heavy atom. The number of H-pyrrole nitrogens is 1. The summed E-state index contributed by atoms with van der Waals surface area (Å²) in [6.07, 6.45) is 1.65. The van der Waals surface area contributed by atoms with Crippen molar-refractivity contribution in [1.82, 2.24) is 19.7 Å². The monoisotopic (exact) mass is 268 g/mol. The van der Waals surface area contributed by atoms with Crippen LogP contribution in [0.5, 0.6) is 0 Å². The highest BCUT2D eigenvalue weighted by Crippen LogP contribution is 2.12. The number of rotatable bonds is 3. The Morgan fingerprint density at radius 3 is 2.75 bits per heavy atom. The second-order valence-electron chi connectivity index (χ2n) is 4.65. The van der Waals surface area contributed by atoms with Crippen LogP contribution in [0.2, 0.25) is 0 Å². The van der Waals surface area contributed by atoms with Gasteiger partial charge in [0.15, 0.2) is 0 Å². The molecule has 0 saturated carbocycles. The fourth-order valence-electron chi connectivity index (χ4n) is 2.25. The van der Waals surface area contributed by atoms with Crippen LogP contribution < -0.4 is 5.56 Å². The van der Waals surface area contributed by atoms with Crippen LogP contribution in [0.15, 0.2) is 35.1 Å². The molecular weight excluding hydrogens is 252 g/mol. The molecule has 2 aromatic heterocycles. The Balaban J connectivity index is 2.26. The van der Waals surface area contributed by atoms with Crippen LogP contribution >= 0.6 is 0 Å². The van der Waals surface area contributed by atoms with Gasteiger partial charge in [-0.1, -0.05) is 26.0 Å². The molecule has 0 amide bonds. The molecule has 0 saturated heterocycles. The Morgan fingerprint density at radius 2 is 2.00 bits per heavy atom. The molecule has 0 unspecified atom stereocenters. The maximum Gasteiger partial charge on any atom is 0.293 e. The predicted octanol–water partition coefficient (Wildman–Crippen LogP) is 2.23. The highest BCUT2D eigenvalue weighted by Gasteiger charge is 2.12. The molecule has 20 heavy (non-hydrogen) atoms. The van der Waals surface area contributed by atoms with Crippen molar-refractivity contribution in [2.75, 3.05) is 0 Å². The molecule has 1 N–H and O–H groups in total. The number of nitrogens with one attached hydrogen (secondary N) is 1. The van der Waals surface area contributed by atoms with Gasteiger partial charge in [0.25, 0.3) is 5.56 Å². The maximum atomic E-state index is 12.2. The van der Waals surface area contributed by atoms with Gasteiger partial charge in [0.1, 0.15) is 0 Å². The number of fused-ring (bicyclic) bond motifs is 1. The highest BCUT2D eigenvalue weighted by molar-refractivity contribution is 5.74. The zero-order valence-corrected chi connectivity index (χ0v) is 11.6. The van der Waals surface area contributed by atoms with E-state index < -0.39 is 0 Å². The van der Waals surface area contributed by atoms with Crippen molar-refractivity contribution in [2.24, 2.45) is 0 Å². The number of benzene rings is 1. The first kappa shape index (κ1) is 12.6. The summed E-state index contributed by atoms with van der Waals surface area (Å²) in [7, 11) is 0. The number of hydrogen-bond acceptors (Lipinski definition) is 3. The predicted molar refractivity (Wildman–Crippen MR) is 78.2 cm³/mol. The largest absolute Gasteiger partial charge is 0.317 e. The topological polar surface area (TPSA) is 63.6 Å². The zero-order valence-electron chi connectivity index (χ0n) is 11.6. The second-order valence-corrected chi connectivity index (χ2v) is 4.65. The van der Waals surface area contributed by atoms with Gasteiger partial charge < -0.3 is 4.98 Å². The van der Waals surface area contributed by atoms with Crippen LogP contribution in [-0.4, -0.2) is 19.7 Å². The molecule has 102 valence electrons. The third-order valence-corrected chi connectivity index (χ3v) is 3.34. The fraction of sp³-hybridized carbons (Fsp3) is 0.267. The smallest absolute Gasteiger partial charge is 0.293 e. The van der Waals surface area contributed by atoms with Crippen LogP contribution in [0.3, 0.4) is 0 Å². The summed E-state index contributed by atoms with van der Waals surface area (Å²) in [4.78, 5) is 19.5. The number of aromatic amines is 1. The molecule has 3 aromatic rings. The molecule has 1 aromatic carbocycles. The first-order valence-corrected chi connectivity index (χ1v) is 6.80. The number of aromatic nitrogens is 4. The minimum absolute atomic E-state index is 0.218. The molecule has 0 atom stereocenters. The number of para-hydroxylation sites is 2. The Labute approximate surface area is 116 Å². The minimum Gasteiger partial charge on any atom is -0.317 e. The van der Waals surface area contributed by atoms with Crippen molar-refractivity contribution in [2.45, 2.75) is 26.7 Å². The third-order valence-electron chi connectivity index (χ3n) is 3.34. The Bertz CT molecular complexity index is 816. The number of hydrogen-bond donors (Lipinski definition) is 1. The maximum absolute atomic E-state index is 12.2. The lowest BCUT2D eigenvalue weighted by Gasteiger charge is -2.05. The highest BCUT2D eigenvalue weighted by atomic mass is 16.1. The van der Waals surface area contributed by atoms with Crippen LogP contribution in [0.1, 0.15) is 25.2 Å². The van der Waals surface area contributed by atoms with E-state index in [4.69, 9.17) is 0 Å². The molecule has 5 heteroatoms. The number of aryl methyl sites for hydroxylation is 2. The van der Waals surface area contributed by atoms with Crippen LogP contribution in [-0.2, 0) is 12.8 Å². The summed E-state index contributed by atoms with van der Waals surface area (Å²) in [6, 6.07) is 9.52. The van der Waals surface area contributed by atoms with Crippen molar-refractivity contribution in [3.8, 4) is 5.82 Å². The van der Waals surface area contributed by atoms with Crippen molar-refractivity contribution in [1.29, 1.82) is 0 Å². The summed E-state index contributed by atoms with van der Waals surface area (Å²) in [5.74, 6) is 0.334. The van der Waals surface area contributed by atoms with Gasteiger partial charge in [-0.3, -0.25) is 4.79 Å². The minimum atomic E-state index is -0.218. The quantitative estimate of drug-likeness (QED) is 0.792. The van der Waals surface area contributed by atoms with Crippen LogP contribution in [0.4, 0.5) is 0 Å². The summed E-state index contributed by atoms with van der Waals surface area (Å²) < 4.78 is 1.66. The van der Waals surface area contributed by atoms with Gasteiger partial charge in [-0.15, -0.1) is 0 Å². The number of nitrogens with zero attached hydrogens (tertiary/aromatic N) is 3. The standard InChI is InChI=1S/C15H16N4O/c1-3-10-9-11(4-2)19(18-10)14-15(20)17-13-8-6-5-7-12(13)16-14/h5-9H,3-4H2,1-2H3,(H,17,20). The van der Waals surface area contributed by atoms with E-state index in [-0.39, 0.29) is 5.56 Å². The molecule has 2 heterocycles. The second kappa shape index (κ2) is 4.92. The average Bonchev–Trinajstić information content (AvgIpc) is 2.89. The van der Waals surface area contributed by atoms with E-state index >= 15 is 0 Å². The summed E-state index contributed by atoms with van der Waals surface area (Å²) in [5.41, 5.74) is 3.25. The molecular formula is C15H16N4O. The van der Waals surface area contributed by atoms with Crippen LogP contribution in [0, 0.1) is 0 Å². The first-order valence-electron chi connectivity index (χ1n) is 6.80. The third kappa shape index (κ3) is 2.01. The van der Waals surface area contributed by atoms with Crippen molar-refractivity contribution >= 4 is 11.0 Å². The molecule has 0 spiro atoms. The molecule has 3 rings (SSSR count). The van der Waals surface area contributed by atoms with Gasteiger partial charge in [-0.25, -0.2) is 9.67 Å². The Hall–Kier alpha value is -2.43. The van der Waals surface area contributed by atoms with Crippen LogP contribution in [0.25, 0.3) is 16.9 Å². The summed E-state index contributed by atoms with van der Waals surface area (Å²) in [6.45, 7) is 4.09. The van der Waals surface area contributed by atoms with Gasteiger partial charge in [0.05, 0.1) is 16.7 Å². The summed E-state index contributed by atoms with van der Waals surface area (Å²) in [5, 5.41) is 4.47. The molecule has 0 radical (unpaired) electrons. The normalized spacial score (nSPS) is 11.1. The van der Waals surface area contributed by atoms with Gasteiger partial charge >= 0.3 is 0 Å². The molecule has 0 aliphatic heterocycles. The lowest BCUT2D eigenvalue weighted by molar-refractivity contribution is 0.764. The van der Waals surface area contributed by atoms with E-state index in [0.29, 0.717) is 5.82 Å². The molecule has 5 nitrogen and oxygen atoms in total. The molecule has 0 aliphatic carbocycles. The van der Waals surface area contributed by atoms with Crippen molar-refractivity contribution < 1.29 is 0 Å². The molecule has 0 bridgehead atoms. The lowest BCUT2D eigenvalue weighted by Crippen LogP contribution is -2.19. The van der Waals surface area contributed by atoms with Crippen molar-refractivity contribution in [3.05, 3.63) is 52.1 Å². The van der Waals surface area contributed by atoms with E-state index in [2.05, 4.69) is 15.1 Å². The van der Waals surface area contributed by atoms with E-state index in [1.807, 2.05) is 44.2 Å². The van der Waals surface area contributed by atoms with E-state index in [9.17, 15) is 4.79 Å². The van der Waals surface area contributed by atoms with Gasteiger partial charge in [0.2, 0.25) is 5.82 Å². The molecule has 0 aliphatic rings. The van der Waals surface area contributed by atoms with Crippen molar-refractivity contribution in [3.63, 3.8) is 0 Å². The Kier molecular flexibility index (Phi) is 3.10. The van der Waals surface area contributed by atoms with E-state index in [0.717, 1.165) is 35.3 Å². The fourth-order valence-corrected chi connectivity index (χ4v) is 2.25. The zero-order chi connectivity index (χ0) is 14.1. The van der Waals surface area contributed by atoms with Gasteiger partial charge in [0, 0.05) is 5.69 Å². The van der Waals surface area contributed by atoms with E-state index in [1.165, 1.54) is 0 Å². The summed E-state index contributed by atoms with van der Waals surface area (Å²) >= 11 is 0. The van der Waals surface area contributed by atoms with Gasteiger partial charge in [-0.2, -0.15) is 5.10 Å². The average molecular weight is 268 g/mol. The SMILES string of the molecule is CCc1cc(CC)n(-c2nc3ccccc3[nH]c2=O)n1. The van der Waals surface area contributed by atoms with Gasteiger partial charge in [-0.05, 0) is 31.0 Å². The first-order chi connectivity index (χ1) is 9.72. The van der Waals surface area contributed by atoms with E-state index in [1.54, 1.807) is 4.68 Å². The molecule has 0 fully saturated rings. The lowest BCUT2D eigenvalue weighted by atomic mass is 10.2.